The van der Waals surface area contributed by atoms with Gasteiger partial charge >= 0.3 is 5.97 Å². The number of anilines is 1. The average molecular weight is 338 g/mol. The van der Waals surface area contributed by atoms with Crippen molar-refractivity contribution in [1.29, 1.82) is 0 Å². The molecule has 1 fully saturated rings. The Morgan fingerprint density at radius 2 is 2.15 bits per heavy atom. The van der Waals surface area contributed by atoms with Crippen LogP contribution in [0.15, 0.2) is 28.7 Å². The van der Waals surface area contributed by atoms with Gasteiger partial charge < -0.3 is 10.0 Å². The van der Waals surface area contributed by atoms with Crippen LogP contribution in [0.2, 0.25) is 0 Å². The van der Waals surface area contributed by atoms with Gasteiger partial charge in [0.15, 0.2) is 0 Å². The van der Waals surface area contributed by atoms with E-state index in [9.17, 15) is 4.79 Å². The molecule has 20 heavy (non-hydrogen) atoms. The monoisotopic (exact) mass is 337 g/mol. The van der Waals surface area contributed by atoms with Crippen molar-refractivity contribution < 1.29 is 9.90 Å². The fourth-order valence-corrected chi connectivity index (χ4v) is 3.48. The van der Waals surface area contributed by atoms with Crippen LogP contribution in [-0.2, 0) is 4.79 Å². The zero-order chi connectivity index (χ0) is 14.5. The summed E-state index contributed by atoms with van der Waals surface area (Å²) < 4.78 is 1.01. The summed E-state index contributed by atoms with van der Waals surface area (Å²) in [6.07, 6.45) is 8.15. The van der Waals surface area contributed by atoms with Crippen LogP contribution in [0.1, 0.15) is 31.2 Å². The van der Waals surface area contributed by atoms with Crippen LogP contribution in [-0.4, -0.2) is 24.7 Å². The van der Waals surface area contributed by atoms with Gasteiger partial charge in [-0.15, -0.1) is 0 Å². The Balaban J connectivity index is 2.06. The molecule has 0 heterocycles. The highest BCUT2D eigenvalue weighted by atomic mass is 79.9. The van der Waals surface area contributed by atoms with Crippen LogP contribution in [0.4, 0.5) is 5.69 Å². The van der Waals surface area contributed by atoms with Gasteiger partial charge in [-0.1, -0.05) is 18.9 Å². The molecule has 0 aliphatic heterocycles. The number of carbonyl (C=O) groups is 1. The maximum Gasteiger partial charge on any atom is 0.328 e. The SMILES string of the molecule is CN(CC1CCCC1)c1ccc(/C=C/C(=O)O)cc1Br. The lowest BCUT2D eigenvalue weighted by molar-refractivity contribution is -0.131. The van der Waals surface area contributed by atoms with Crippen molar-refractivity contribution in [2.75, 3.05) is 18.5 Å². The summed E-state index contributed by atoms with van der Waals surface area (Å²) in [5.74, 6) is -0.123. The summed E-state index contributed by atoms with van der Waals surface area (Å²) in [4.78, 5) is 12.8. The quantitative estimate of drug-likeness (QED) is 0.819. The number of benzene rings is 1. The molecule has 1 aliphatic rings. The molecule has 0 unspecified atom stereocenters. The molecule has 0 atom stereocenters. The molecule has 108 valence electrons. The summed E-state index contributed by atoms with van der Waals surface area (Å²) in [5.41, 5.74) is 2.04. The van der Waals surface area contributed by atoms with Crippen LogP contribution >= 0.6 is 15.9 Å². The topological polar surface area (TPSA) is 40.5 Å². The second-order valence-electron chi connectivity index (χ2n) is 5.41. The number of nitrogens with zero attached hydrogens (tertiary/aromatic N) is 1. The molecule has 0 aromatic heterocycles. The third-order valence-electron chi connectivity index (χ3n) is 3.81. The molecule has 0 spiro atoms. The highest BCUT2D eigenvalue weighted by Gasteiger charge is 2.17. The van der Waals surface area contributed by atoms with Crippen molar-refractivity contribution in [2.24, 2.45) is 5.92 Å². The molecule has 4 heteroatoms. The number of rotatable bonds is 5. The Morgan fingerprint density at radius 3 is 2.75 bits per heavy atom. The molecule has 3 nitrogen and oxygen atoms in total. The van der Waals surface area contributed by atoms with Crippen molar-refractivity contribution in [3.8, 4) is 0 Å². The predicted molar refractivity (Wildman–Crippen MR) is 86.0 cm³/mol. The van der Waals surface area contributed by atoms with E-state index in [4.69, 9.17) is 5.11 Å². The molecule has 0 amide bonds. The van der Waals surface area contributed by atoms with E-state index in [1.54, 1.807) is 6.08 Å². The third kappa shape index (κ3) is 4.10. The van der Waals surface area contributed by atoms with Gasteiger partial charge in [0, 0.05) is 24.1 Å². The highest BCUT2D eigenvalue weighted by molar-refractivity contribution is 9.10. The summed E-state index contributed by atoms with van der Waals surface area (Å²) in [6.45, 7) is 1.09. The van der Waals surface area contributed by atoms with E-state index in [1.165, 1.54) is 25.7 Å². The number of halogens is 1. The van der Waals surface area contributed by atoms with Crippen molar-refractivity contribution in [3.05, 3.63) is 34.3 Å². The largest absolute Gasteiger partial charge is 0.478 e. The Morgan fingerprint density at radius 1 is 1.45 bits per heavy atom. The molecular weight excluding hydrogens is 318 g/mol. The summed E-state index contributed by atoms with van der Waals surface area (Å²) in [5, 5.41) is 8.64. The van der Waals surface area contributed by atoms with Crippen LogP contribution in [0, 0.1) is 5.92 Å². The van der Waals surface area contributed by atoms with E-state index in [2.05, 4.69) is 27.9 Å². The van der Waals surface area contributed by atoms with Crippen LogP contribution in [0.25, 0.3) is 6.08 Å². The number of hydrogen-bond acceptors (Lipinski definition) is 2. The van der Waals surface area contributed by atoms with E-state index >= 15 is 0 Å². The standard InChI is InChI=1S/C16H20BrNO2/c1-18(11-13-4-2-3-5-13)15-8-6-12(10-14(15)17)7-9-16(19)20/h6-10,13H,2-5,11H2,1H3,(H,19,20)/b9-7+. The lowest BCUT2D eigenvalue weighted by Gasteiger charge is -2.24. The minimum absolute atomic E-state index is 0.804. The van der Waals surface area contributed by atoms with Crippen molar-refractivity contribution in [1.82, 2.24) is 0 Å². The second-order valence-corrected chi connectivity index (χ2v) is 6.27. The fourth-order valence-electron chi connectivity index (χ4n) is 2.78. The van der Waals surface area contributed by atoms with Crippen molar-refractivity contribution >= 4 is 33.7 Å². The van der Waals surface area contributed by atoms with Gasteiger partial charge in [0.25, 0.3) is 0 Å². The Hall–Kier alpha value is -1.29. The molecule has 2 rings (SSSR count). The molecule has 1 aromatic carbocycles. The molecular formula is C16H20BrNO2. The molecule has 0 saturated heterocycles. The summed E-state index contributed by atoms with van der Waals surface area (Å²) in [7, 11) is 2.12. The van der Waals surface area contributed by atoms with E-state index in [1.807, 2.05) is 18.2 Å². The van der Waals surface area contributed by atoms with Crippen LogP contribution in [0.5, 0.6) is 0 Å². The number of aliphatic carboxylic acids is 1. The smallest absolute Gasteiger partial charge is 0.328 e. The first-order chi connectivity index (χ1) is 9.56. The molecule has 0 radical (unpaired) electrons. The van der Waals surface area contributed by atoms with Gasteiger partial charge in [-0.25, -0.2) is 4.79 Å². The first-order valence-electron chi connectivity index (χ1n) is 6.98. The Labute approximate surface area is 128 Å². The number of hydrogen-bond donors (Lipinski definition) is 1. The fraction of sp³-hybridized carbons (Fsp3) is 0.438. The third-order valence-corrected chi connectivity index (χ3v) is 4.44. The minimum Gasteiger partial charge on any atom is -0.478 e. The van der Waals surface area contributed by atoms with E-state index in [0.29, 0.717) is 0 Å². The Kier molecular flexibility index (Phi) is 5.24. The average Bonchev–Trinajstić information content (AvgIpc) is 2.89. The first-order valence-corrected chi connectivity index (χ1v) is 7.77. The maximum absolute atomic E-state index is 10.5. The number of carboxylic acids is 1. The van der Waals surface area contributed by atoms with Crippen LogP contribution in [0.3, 0.4) is 0 Å². The molecule has 0 bridgehead atoms. The van der Waals surface area contributed by atoms with Gasteiger partial charge in [0.2, 0.25) is 0 Å². The Bertz CT molecular complexity index is 507. The highest BCUT2D eigenvalue weighted by Crippen LogP contribution is 2.31. The van der Waals surface area contributed by atoms with E-state index in [-0.39, 0.29) is 0 Å². The van der Waals surface area contributed by atoms with Crippen LogP contribution < -0.4 is 4.90 Å². The van der Waals surface area contributed by atoms with Gasteiger partial charge in [-0.3, -0.25) is 0 Å². The van der Waals surface area contributed by atoms with Gasteiger partial charge in [-0.05, 0) is 58.5 Å². The lowest BCUT2D eigenvalue weighted by Crippen LogP contribution is -2.24. The lowest BCUT2D eigenvalue weighted by atomic mass is 10.1. The normalized spacial score (nSPS) is 15.9. The first kappa shape index (κ1) is 15.1. The molecule has 1 aromatic rings. The van der Waals surface area contributed by atoms with E-state index < -0.39 is 5.97 Å². The van der Waals surface area contributed by atoms with Gasteiger partial charge in [-0.2, -0.15) is 0 Å². The maximum atomic E-state index is 10.5. The predicted octanol–water partition coefficient (Wildman–Crippen LogP) is 4.17. The summed E-state index contributed by atoms with van der Waals surface area (Å²) in [6, 6.07) is 5.95. The zero-order valence-corrected chi connectivity index (χ0v) is 13.3. The van der Waals surface area contributed by atoms with Gasteiger partial charge in [0.1, 0.15) is 0 Å². The molecule has 1 aliphatic carbocycles. The zero-order valence-electron chi connectivity index (χ0n) is 11.7. The van der Waals surface area contributed by atoms with Crippen molar-refractivity contribution in [2.45, 2.75) is 25.7 Å². The number of carboxylic acid groups (broad SMARTS) is 1. The van der Waals surface area contributed by atoms with E-state index in [0.717, 1.165) is 34.3 Å². The second kappa shape index (κ2) is 6.93. The minimum atomic E-state index is -0.927. The molecule has 1 saturated carbocycles. The summed E-state index contributed by atoms with van der Waals surface area (Å²) >= 11 is 3.58. The van der Waals surface area contributed by atoms with Gasteiger partial charge in [0.05, 0.1) is 5.69 Å². The van der Waals surface area contributed by atoms with Crippen molar-refractivity contribution in [3.63, 3.8) is 0 Å². The molecule has 1 N–H and O–H groups in total.